The van der Waals surface area contributed by atoms with Crippen LogP contribution in [0.25, 0.3) is 0 Å². The van der Waals surface area contributed by atoms with Crippen molar-refractivity contribution in [1.29, 1.82) is 0 Å². The molecule has 0 bridgehead atoms. The van der Waals surface area contributed by atoms with E-state index in [1.807, 2.05) is 0 Å². The molecule has 1 rings (SSSR count). The van der Waals surface area contributed by atoms with E-state index in [0.29, 0.717) is 0 Å². The molecule has 2 unspecified atom stereocenters. The van der Waals surface area contributed by atoms with Crippen molar-refractivity contribution >= 4 is 5.91 Å². The summed E-state index contributed by atoms with van der Waals surface area (Å²) in [5.41, 5.74) is 5.69. The summed E-state index contributed by atoms with van der Waals surface area (Å²) in [4.78, 5) is 13.0. The van der Waals surface area contributed by atoms with Crippen molar-refractivity contribution in [2.75, 3.05) is 20.6 Å². The zero-order chi connectivity index (χ0) is 9.14. The molecule has 0 aliphatic carbocycles. The second-order valence-corrected chi connectivity index (χ2v) is 3.53. The fraction of sp³-hybridized carbons (Fsp3) is 0.875. The quantitative estimate of drug-likeness (QED) is 0.540. The van der Waals surface area contributed by atoms with Gasteiger partial charge in [0.1, 0.15) is 0 Å². The molecule has 0 aromatic heterocycles. The molecular weight excluding hydrogens is 154 g/mol. The fourth-order valence-corrected chi connectivity index (χ4v) is 1.40. The molecule has 1 heterocycles. The van der Waals surface area contributed by atoms with Crippen molar-refractivity contribution in [3.8, 4) is 0 Å². The zero-order valence-electron chi connectivity index (χ0n) is 7.71. The van der Waals surface area contributed by atoms with E-state index in [1.54, 1.807) is 19.0 Å². The number of hydrogen-bond acceptors (Lipinski definition) is 3. The largest absolute Gasteiger partial charge is 0.347 e. The molecule has 0 spiro atoms. The third kappa shape index (κ3) is 2.19. The fourth-order valence-electron chi connectivity index (χ4n) is 1.40. The van der Waals surface area contributed by atoms with Crippen LogP contribution in [-0.2, 0) is 4.79 Å². The van der Waals surface area contributed by atoms with Crippen LogP contribution in [0.5, 0.6) is 0 Å². The standard InChI is InChI=1S/C8H17N3O/c1-11(2)8(12)7-4-3-6(9)5-10-7/h6-7,10H,3-5,9H2,1-2H3. The minimum atomic E-state index is -0.0141. The average Bonchev–Trinajstić information content (AvgIpc) is 2.04. The molecule has 3 N–H and O–H groups in total. The van der Waals surface area contributed by atoms with E-state index in [9.17, 15) is 4.79 Å². The van der Waals surface area contributed by atoms with Crippen LogP contribution >= 0.6 is 0 Å². The Balaban J connectivity index is 2.39. The molecule has 1 amide bonds. The molecule has 70 valence electrons. The Morgan fingerprint density at radius 3 is 2.58 bits per heavy atom. The van der Waals surface area contributed by atoms with E-state index in [0.717, 1.165) is 19.4 Å². The van der Waals surface area contributed by atoms with Crippen LogP contribution in [0.15, 0.2) is 0 Å². The maximum atomic E-state index is 11.4. The maximum absolute atomic E-state index is 11.4. The van der Waals surface area contributed by atoms with Crippen LogP contribution in [0.2, 0.25) is 0 Å². The van der Waals surface area contributed by atoms with Gasteiger partial charge in [-0.15, -0.1) is 0 Å². The van der Waals surface area contributed by atoms with E-state index in [-0.39, 0.29) is 18.0 Å². The molecule has 0 aromatic carbocycles. The third-order valence-electron chi connectivity index (χ3n) is 2.19. The van der Waals surface area contributed by atoms with E-state index in [4.69, 9.17) is 5.73 Å². The third-order valence-corrected chi connectivity index (χ3v) is 2.19. The monoisotopic (exact) mass is 171 g/mol. The minimum absolute atomic E-state index is 0.0141. The number of nitrogens with zero attached hydrogens (tertiary/aromatic N) is 1. The molecule has 1 aliphatic rings. The summed E-state index contributed by atoms with van der Waals surface area (Å²) in [5, 5.41) is 3.13. The number of amides is 1. The molecule has 1 aliphatic heterocycles. The van der Waals surface area contributed by atoms with Crippen molar-refractivity contribution in [1.82, 2.24) is 10.2 Å². The number of hydrogen-bond donors (Lipinski definition) is 2. The molecular formula is C8H17N3O. The van der Waals surface area contributed by atoms with Gasteiger partial charge >= 0.3 is 0 Å². The normalized spacial score (nSPS) is 29.9. The van der Waals surface area contributed by atoms with Gasteiger partial charge in [0.15, 0.2) is 0 Å². The van der Waals surface area contributed by atoms with Gasteiger partial charge in [-0.2, -0.15) is 0 Å². The molecule has 2 atom stereocenters. The topological polar surface area (TPSA) is 58.4 Å². The predicted octanol–water partition coefficient (Wildman–Crippen LogP) is -0.846. The first-order valence-corrected chi connectivity index (χ1v) is 4.31. The number of carbonyl (C=O) groups excluding carboxylic acids is 1. The molecule has 12 heavy (non-hydrogen) atoms. The highest BCUT2D eigenvalue weighted by Crippen LogP contribution is 2.07. The van der Waals surface area contributed by atoms with E-state index in [2.05, 4.69) is 5.32 Å². The Morgan fingerprint density at radius 1 is 1.50 bits per heavy atom. The Bertz CT molecular complexity index is 162. The predicted molar refractivity (Wildman–Crippen MR) is 47.7 cm³/mol. The Hall–Kier alpha value is -0.610. The van der Waals surface area contributed by atoms with Crippen LogP contribution in [0.4, 0.5) is 0 Å². The van der Waals surface area contributed by atoms with Crippen LogP contribution < -0.4 is 11.1 Å². The summed E-state index contributed by atoms with van der Waals surface area (Å²) < 4.78 is 0. The van der Waals surface area contributed by atoms with E-state index in [1.165, 1.54) is 0 Å². The molecule has 0 aromatic rings. The van der Waals surface area contributed by atoms with Gasteiger partial charge in [0.25, 0.3) is 0 Å². The van der Waals surface area contributed by atoms with E-state index < -0.39 is 0 Å². The zero-order valence-corrected chi connectivity index (χ0v) is 7.71. The molecule has 4 nitrogen and oxygen atoms in total. The molecule has 1 saturated heterocycles. The van der Waals surface area contributed by atoms with Crippen molar-refractivity contribution < 1.29 is 4.79 Å². The summed E-state index contributed by atoms with van der Waals surface area (Å²) in [6.07, 6.45) is 1.80. The highest BCUT2D eigenvalue weighted by Gasteiger charge is 2.24. The van der Waals surface area contributed by atoms with Gasteiger partial charge in [-0.1, -0.05) is 0 Å². The van der Waals surface area contributed by atoms with Gasteiger partial charge in [-0.3, -0.25) is 4.79 Å². The Morgan fingerprint density at radius 2 is 2.17 bits per heavy atom. The second-order valence-electron chi connectivity index (χ2n) is 3.53. The lowest BCUT2D eigenvalue weighted by Crippen LogP contribution is -2.51. The first-order chi connectivity index (χ1) is 5.61. The first-order valence-electron chi connectivity index (χ1n) is 4.31. The van der Waals surface area contributed by atoms with Gasteiger partial charge in [-0.25, -0.2) is 0 Å². The van der Waals surface area contributed by atoms with Crippen LogP contribution in [0, 0.1) is 0 Å². The summed E-state index contributed by atoms with van der Waals surface area (Å²) in [6.45, 7) is 0.754. The SMILES string of the molecule is CN(C)C(=O)C1CCC(N)CN1. The molecule has 1 fully saturated rings. The van der Waals surface area contributed by atoms with Crippen LogP contribution in [0.3, 0.4) is 0 Å². The Labute approximate surface area is 73.1 Å². The second kappa shape index (κ2) is 3.87. The van der Waals surface area contributed by atoms with E-state index >= 15 is 0 Å². The summed E-state index contributed by atoms with van der Waals surface area (Å²) >= 11 is 0. The van der Waals surface area contributed by atoms with Gasteiger partial charge in [-0.05, 0) is 12.8 Å². The summed E-state index contributed by atoms with van der Waals surface area (Å²) in [5.74, 6) is 0.155. The van der Waals surface area contributed by atoms with Crippen molar-refractivity contribution in [3.05, 3.63) is 0 Å². The number of nitrogens with two attached hydrogens (primary N) is 1. The number of nitrogens with one attached hydrogen (secondary N) is 1. The number of rotatable bonds is 1. The lowest BCUT2D eigenvalue weighted by Gasteiger charge is -2.28. The highest BCUT2D eigenvalue weighted by atomic mass is 16.2. The van der Waals surface area contributed by atoms with Crippen molar-refractivity contribution in [3.63, 3.8) is 0 Å². The lowest BCUT2D eigenvalue weighted by atomic mass is 10.0. The van der Waals surface area contributed by atoms with Gasteiger partial charge in [0.05, 0.1) is 6.04 Å². The van der Waals surface area contributed by atoms with Gasteiger partial charge in [0.2, 0.25) is 5.91 Å². The average molecular weight is 171 g/mol. The van der Waals surface area contributed by atoms with Crippen molar-refractivity contribution in [2.24, 2.45) is 5.73 Å². The minimum Gasteiger partial charge on any atom is -0.347 e. The van der Waals surface area contributed by atoms with Gasteiger partial charge in [0, 0.05) is 26.7 Å². The molecule has 0 saturated carbocycles. The van der Waals surface area contributed by atoms with Gasteiger partial charge < -0.3 is 16.0 Å². The van der Waals surface area contributed by atoms with Crippen molar-refractivity contribution in [2.45, 2.75) is 24.9 Å². The first kappa shape index (κ1) is 9.48. The highest BCUT2D eigenvalue weighted by molar-refractivity contribution is 5.81. The number of likely N-dealkylation sites (N-methyl/N-ethyl adjacent to an activating group) is 1. The maximum Gasteiger partial charge on any atom is 0.239 e. The summed E-state index contributed by atoms with van der Waals surface area (Å²) in [6, 6.07) is 0.205. The lowest BCUT2D eigenvalue weighted by molar-refractivity contribution is -0.131. The number of carbonyl (C=O) groups is 1. The molecule has 0 radical (unpaired) electrons. The van der Waals surface area contributed by atoms with Crippen LogP contribution in [-0.4, -0.2) is 43.5 Å². The Kier molecular flexibility index (Phi) is 3.05. The number of piperidine rings is 1. The van der Waals surface area contributed by atoms with Crippen LogP contribution in [0.1, 0.15) is 12.8 Å². The molecule has 4 heteroatoms. The summed E-state index contributed by atoms with van der Waals surface area (Å²) in [7, 11) is 3.55. The smallest absolute Gasteiger partial charge is 0.239 e.